The first-order chi connectivity index (χ1) is 6.59. The molecule has 0 radical (unpaired) electrons. The molecule has 2 rings (SSSR count). The zero-order valence-electron chi connectivity index (χ0n) is 7.51. The molecule has 0 saturated heterocycles. The van der Waals surface area contributed by atoms with Gasteiger partial charge >= 0.3 is 0 Å². The van der Waals surface area contributed by atoms with Gasteiger partial charge in [-0.2, -0.15) is 0 Å². The number of halogens is 2. The van der Waals surface area contributed by atoms with Crippen molar-refractivity contribution in [3.63, 3.8) is 0 Å². The second-order valence-corrected chi connectivity index (χ2v) is 3.58. The summed E-state index contributed by atoms with van der Waals surface area (Å²) in [7, 11) is 0. The Kier molecular flexibility index (Phi) is 2.17. The molecule has 1 heterocycles. The van der Waals surface area contributed by atoms with Crippen molar-refractivity contribution in [2.45, 2.75) is 13.0 Å². The minimum atomic E-state index is -0.507. The quantitative estimate of drug-likeness (QED) is 0.764. The second-order valence-electron chi connectivity index (χ2n) is 3.17. The fourth-order valence-electron chi connectivity index (χ4n) is 1.25. The summed E-state index contributed by atoms with van der Waals surface area (Å²) in [4.78, 5) is 6.96. The average molecular weight is 214 g/mol. The summed E-state index contributed by atoms with van der Waals surface area (Å²) < 4.78 is 13.4. The Bertz CT molecular complexity index is 478. The second kappa shape index (κ2) is 3.22. The standard InChI is InChI=1S/C9H9ClFN3/c1-4(12)9-13-6-3-2-5(10)7(11)8(6)14-9/h2-4H,12H2,1H3,(H,13,14). The Morgan fingerprint density at radius 2 is 2.29 bits per heavy atom. The van der Waals surface area contributed by atoms with Crippen LogP contribution in [0.15, 0.2) is 12.1 Å². The van der Waals surface area contributed by atoms with Crippen LogP contribution in [-0.2, 0) is 0 Å². The lowest BCUT2D eigenvalue weighted by atomic mass is 10.3. The monoisotopic (exact) mass is 213 g/mol. The molecule has 0 spiro atoms. The summed E-state index contributed by atoms with van der Waals surface area (Å²) in [6.07, 6.45) is 0. The van der Waals surface area contributed by atoms with E-state index in [-0.39, 0.29) is 16.6 Å². The number of nitrogens with one attached hydrogen (secondary N) is 1. The van der Waals surface area contributed by atoms with E-state index >= 15 is 0 Å². The first-order valence-corrected chi connectivity index (χ1v) is 4.56. The summed E-state index contributed by atoms with van der Waals surface area (Å²) in [5.41, 5.74) is 6.47. The van der Waals surface area contributed by atoms with E-state index in [1.165, 1.54) is 6.07 Å². The van der Waals surface area contributed by atoms with Gasteiger partial charge < -0.3 is 10.7 Å². The summed E-state index contributed by atoms with van der Waals surface area (Å²) in [5.74, 6) is 0.0495. The van der Waals surface area contributed by atoms with Gasteiger partial charge in [-0.1, -0.05) is 11.6 Å². The smallest absolute Gasteiger partial charge is 0.169 e. The van der Waals surface area contributed by atoms with Gasteiger partial charge in [0.15, 0.2) is 5.82 Å². The molecule has 0 saturated carbocycles. The van der Waals surface area contributed by atoms with Gasteiger partial charge in [0.2, 0.25) is 0 Å². The largest absolute Gasteiger partial charge is 0.341 e. The number of H-pyrrole nitrogens is 1. The molecule has 1 unspecified atom stereocenters. The Morgan fingerprint density at radius 1 is 1.57 bits per heavy atom. The van der Waals surface area contributed by atoms with Crippen molar-refractivity contribution < 1.29 is 4.39 Å². The highest BCUT2D eigenvalue weighted by molar-refractivity contribution is 6.31. The molecule has 1 aromatic carbocycles. The summed E-state index contributed by atoms with van der Waals surface area (Å²) in [6, 6.07) is 2.92. The fraction of sp³-hybridized carbons (Fsp3) is 0.222. The van der Waals surface area contributed by atoms with Gasteiger partial charge in [-0.3, -0.25) is 0 Å². The Labute approximate surface area is 85.1 Å². The van der Waals surface area contributed by atoms with Crippen LogP contribution in [-0.4, -0.2) is 9.97 Å². The number of aromatic nitrogens is 2. The van der Waals surface area contributed by atoms with Crippen LogP contribution in [0.1, 0.15) is 18.8 Å². The molecule has 5 heteroatoms. The van der Waals surface area contributed by atoms with E-state index in [0.29, 0.717) is 11.3 Å². The molecule has 3 N–H and O–H groups in total. The molecular formula is C9H9ClFN3. The Morgan fingerprint density at radius 3 is 2.93 bits per heavy atom. The zero-order valence-corrected chi connectivity index (χ0v) is 8.27. The van der Waals surface area contributed by atoms with Crippen molar-refractivity contribution in [1.82, 2.24) is 9.97 Å². The average Bonchev–Trinajstić information content (AvgIpc) is 2.56. The predicted molar refractivity (Wildman–Crippen MR) is 53.7 cm³/mol. The van der Waals surface area contributed by atoms with Crippen LogP contribution in [0.3, 0.4) is 0 Å². The lowest BCUT2D eigenvalue weighted by molar-refractivity contribution is 0.637. The lowest BCUT2D eigenvalue weighted by Gasteiger charge is -1.96. The van der Waals surface area contributed by atoms with Crippen LogP contribution in [0.5, 0.6) is 0 Å². The maximum Gasteiger partial charge on any atom is 0.169 e. The molecule has 14 heavy (non-hydrogen) atoms. The molecule has 74 valence electrons. The van der Waals surface area contributed by atoms with Gasteiger partial charge in [-0.25, -0.2) is 9.37 Å². The minimum absolute atomic E-state index is 0.0697. The topological polar surface area (TPSA) is 54.7 Å². The molecule has 0 fully saturated rings. The molecule has 0 aliphatic carbocycles. The predicted octanol–water partition coefficient (Wildman–Crippen LogP) is 2.38. The highest BCUT2D eigenvalue weighted by Gasteiger charge is 2.12. The molecule has 2 aromatic rings. The van der Waals surface area contributed by atoms with E-state index < -0.39 is 5.82 Å². The number of aromatic amines is 1. The van der Waals surface area contributed by atoms with E-state index in [2.05, 4.69) is 9.97 Å². The number of fused-ring (bicyclic) bond motifs is 1. The first kappa shape index (κ1) is 9.43. The van der Waals surface area contributed by atoms with E-state index in [0.717, 1.165) is 0 Å². The molecule has 0 aliphatic rings. The number of benzene rings is 1. The van der Waals surface area contributed by atoms with Crippen LogP contribution in [0.25, 0.3) is 11.0 Å². The highest BCUT2D eigenvalue weighted by atomic mass is 35.5. The van der Waals surface area contributed by atoms with Crippen molar-refractivity contribution in [3.8, 4) is 0 Å². The van der Waals surface area contributed by atoms with Crippen LogP contribution in [0, 0.1) is 5.82 Å². The van der Waals surface area contributed by atoms with Crippen molar-refractivity contribution in [2.75, 3.05) is 0 Å². The maximum absolute atomic E-state index is 13.4. The Balaban J connectivity index is 2.71. The fourth-order valence-corrected chi connectivity index (χ4v) is 1.40. The van der Waals surface area contributed by atoms with Crippen molar-refractivity contribution in [1.29, 1.82) is 0 Å². The number of hydrogen-bond donors (Lipinski definition) is 2. The number of rotatable bonds is 1. The van der Waals surface area contributed by atoms with Crippen LogP contribution < -0.4 is 5.73 Å². The minimum Gasteiger partial charge on any atom is -0.341 e. The van der Waals surface area contributed by atoms with Crippen molar-refractivity contribution >= 4 is 22.6 Å². The van der Waals surface area contributed by atoms with Crippen molar-refractivity contribution in [3.05, 3.63) is 28.8 Å². The summed E-state index contributed by atoms with van der Waals surface area (Å²) in [6.45, 7) is 1.78. The molecule has 0 aliphatic heterocycles. The van der Waals surface area contributed by atoms with Crippen molar-refractivity contribution in [2.24, 2.45) is 5.73 Å². The third kappa shape index (κ3) is 1.36. The van der Waals surface area contributed by atoms with Gasteiger partial charge in [0, 0.05) is 0 Å². The SMILES string of the molecule is CC(N)c1nc2c(F)c(Cl)ccc2[nH]1. The van der Waals surface area contributed by atoms with E-state index in [4.69, 9.17) is 17.3 Å². The molecule has 1 aromatic heterocycles. The number of hydrogen-bond acceptors (Lipinski definition) is 2. The molecule has 3 nitrogen and oxygen atoms in total. The van der Waals surface area contributed by atoms with Gasteiger partial charge in [0.05, 0.1) is 16.6 Å². The van der Waals surface area contributed by atoms with Crippen LogP contribution in [0.2, 0.25) is 5.02 Å². The number of nitrogens with zero attached hydrogens (tertiary/aromatic N) is 1. The lowest BCUT2D eigenvalue weighted by Crippen LogP contribution is -2.06. The van der Waals surface area contributed by atoms with E-state index in [1.807, 2.05) is 0 Å². The Hall–Kier alpha value is -1.13. The molecule has 0 bridgehead atoms. The molecule has 1 atom stereocenters. The van der Waals surface area contributed by atoms with Gasteiger partial charge in [-0.05, 0) is 19.1 Å². The van der Waals surface area contributed by atoms with E-state index in [9.17, 15) is 4.39 Å². The van der Waals surface area contributed by atoms with Crippen LogP contribution in [0.4, 0.5) is 4.39 Å². The summed E-state index contributed by atoms with van der Waals surface area (Å²) in [5, 5.41) is 0.0697. The summed E-state index contributed by atoms with van der Waals surface area (Å²) >= 11 is 5.62. The zero-order chi connectivity index (χ0) is 10.3. The number of nitrogens with two attached hydrogens (primary N) is 1. The molecular weight excluding hydrogens is 205 g/mol. The third-order valence-corrected chi connectivity index (χ3v) is 2.29. The normalized spacial score (nSPS) is 13.4. The first-order valence-electron chi connectivity index (χ1n) is 4.19. The molecule has 0 amide bonds. The van der Waals surface area contributed by atoms with Crippen LogP contribution >= 0.6 is 11.6 Å². The third-order valence-electron chi connectivity index (χ3n) is 2.00. The van der Waals surface area contributed by atoms with Gasteiger partial charge in [0.25, 0.3) is 0 Å². The van der Waals surface area contributed by atoms with Gasteiger partial charge in [-0.15, -0.1) is 0 Å². The maximum atomic E-state index is 13.4. The highest BCUT2D eigenvalue weighted by Crippen LogP contribution is 2.23. The van der Waals surface area contributed by atoms with Gasteiger partial charge in [0.1, 0.15) is 11.3 Å². The number of imidazole rings is 1. The van der Waals surface area contributed by atoms with E-state index in [1.54, 1.807) is 13.0 Å².